The predicted molar refractivity (Wildman–Crippen MR) is 81.0 cm³/mol. The number of Topliss-reactive ketones (excluding diaryl/α,β-unsaturated/α-hetero) is 1. The van der Waals surface area contributed by atoms with E-state index in [0.717, 1.165) is 12.8 Å². The lowest BCUT2D eigenvalue weighted by Crippen LogP contribution is -2.25. The van der Waals surface area contributed by atoms with Crippen LogP contribution in [0.4, 0.5) is 0 Å². The van der Waals surface area contributed by atoms with Crippen molar-refractivity contribution >= 4 is 11.8 Å². The maximum absolute atomic E-state index is 11.9. The van der Waals surface area contributed by atoms with Crippen molar-refractivity contribution in [2.24, 2.45) is 0 Å². The Balaban J connectivity index is 4.36. The second-order valence-corrected chi connectivity index (χ2v) is 5.51. The molecule has 0 fully saturated rings. The van der Waals surface area contributed by atoms with Crippen LogP contribution in [-0.2, 0) is 19.1 Å². The van der Waals surface area contributed by atoms with Crippen LogP contribution in [0.15, 0.2) is 0 Å². The van der Waals surface area contributed by atoms with Gasteiger partial charge in [-0.25, -0.2) is 0 Å². The second-order valence-electron chi connectivity index (χ2n) is 5.51. The minimum Gasteiger partial charge on any atom is -0.462 e. The zero-order valence-corrected chi connectivity index (χ0v) is 13.8. The molecule has 0 saturated carbocycles. The van der Waals surface area contributed by atoms with E-state index in [1.165, 1.54) is 6.92 Å². The molecule has 21 heavy (non-hydrogen) atoms. The van der Waals surface area contributed by atoms with E-state index in [1.54, 1.807) is 7.11 Å². The van der Waals surface area contributed by atoms with Gasteiger partial charge in [-0.1, -0.05) is 20.3 Å². The molecule has 0 aliphatic carbocycles. The van der Waals surface area contributed by atoms with E-state index in [9.17, 15) is 14.7 Å². The first kappa shape index (κ1) is 20.1. The number of hydrogen-bond donors (Lipinski definition) is 1. The fraction of sp³-hybridized carbons (Fsp3) is 0.875. The molecule has 0 heterocycles. The Labute approximate surface area is 128 Å². The topological polar surface area (TPSA) is 72.8 Å². The number of esters is 1. The average Bonchev–Trinajstić information content (AvgIpc) is 2.43. The van der Waals surface area contributed by atoms with Crippen LogP contribution < -0.4 is 0 Å². The lowest BCUT2D eigenvalue weighted by atomic mass is 10.0. The number of methoxy groups -OCH3 is 1. The standard InChI is InChI=1S/C16H30O5/c1-5-7-14(20-4)11-16(19)21-15(10-12(3)17)9-8-13(18)6-2/h13-15,18H,5-11H2,1-4H3. The number of aliphatic hydroxyl groups excluding tert-OH is 1. The number of ketones is 1. The molecule has 0 rings (SSSR count). The fourth-order valence-corrected chi connectivity index (χ4v) is 2.15. The first-order valence-electron chi connectivity index (χ1n) is 7.82. The quantitative estimate of drug-likeness (QED) is 0.561. The summed E-state index contributed by atoms with van der Waals surface area (Å²) in [7, 11) is 1.58. The molecule has 3 unspecified atom stereocenters. The molecular weight excluding hydrogens is 272 g/mol. The van der Waals surface area contributed by atoms with Gasteiger partial charge in [0.05, 0.1) is 18.6 Å². The highest BCUT2D eigenvalue weighted by molar-refractivity contribution is 5.77. The second kappa shape index (κ2) is 11.7. The number of aliphatic hydroxyl groups is 1. The number of carbonyl (C=O) groups excluding carboxylic acids is 2. The highest BCUT2D eigenvalue weighted by Crippen LogP contribution is 2.14. The third-order valence-corrected chi connectivity index (χ3v) is 3.44. The summed E-state index contributed by atoms with van der Waals surface area (Å²) >= 11 is 0. The van der Waals surface area contributed by atoms with Gasteiger partial charge in [-0.15, -0.1) is 0 Å². The highest BCUT2D eigenvalue weighted by Gasteiger charge is 2.20. The number of carbonyl (C=O) groups is 2. The fourth-order valence-electron chi connectivity index (χ4n) is 2.15. The van der Waals surface area contributed by atoms with Gasteiger partial charge in [0.15, 0.2) is 0 Å². The molecule has 0 aliphatic heterocycles. The Bertz CT molecular complexity index is 303. The van der Waals surface area contributed by atoms with Crippen molar-refractivity contribution in [3.63, 3.8) is 0 Å². The summed E-state index contributed by atoms with van der Waals surface area (Å²) in [6.45, 7) is 5.40. The van der Waals surface area contributed by atoms with E-state index in [2.05, 4.69) is 0 Å². The largest absolute Gasteiger partial charge is 0.462 e. The first-order valence-corrected chi connectivity index (χ1v) is 7.82. The molecule has 0 aromatic heterocycles. The maximum Gasteiger partial charge on any atom is 0.308 e. The van der Waals surface area contributed by atoms with Crippen LogP contribution in [-0.4, -0.2) is 42.3 Å². The predicted octanol–water partition coefficient (Wildman–Crippen LogP) is 2.63. The van der Waals surface area contributed by atoms with E-state index in [4.69, 9.17) is 9.47 Å². The van der Waals surface area contributed by atoms with E-state index in [-0.39, 0.29) is 30.7 Å². The molecule has 5 heteroatoms. The van der Waals surface area contributed by atoms with Crippen LogP contribution in [0.3, 0.4) is 0 Å². The van der Waals surface area contributed by atoms with E-state index >= 15 is 0 Å². The number of hydrogen-bond acceptors (Lipinski definition) is 5. The van der Waals surface area contributed by atoms with E-state index < -0.39 is 12.2 Å². The third kappa shape index (κ3) is 10.4. The van der Waals surface area contributed by atoms with Crippen molar-refractivity contribution in [3.8, 4) is 0 Å². The normalized spacial score (nSPS) is 15.3. The molecule has 0 spiro atoms. The Morgan fingerprint density at radius 3 is 2.19 bits per heavy atom. The lowest BCUT2D eigenvalue weighted by Gasteiger charge is -2.20. The van der Waals surface area contributed by atoms with Crippen molar-refractivity contribution in [1.29, 1.82) is 0 Å². The summed E-state index contributed by atoms with van der Waals surface area (Å²) in [5, 5.41) is 9.58. The summed E-state index contributed by atoms with van der Waals surface area (Å²) in [4.78, 5) is 23.2. The van der Waals surface area contributed by atoms with Crippen LogP contribution in [0, 0.1) is 0 Å². The summed E-state index contributed by atoms with van der Waals surface area (Å²) in [5.41, 5.74) is 0. The minimum absolute atomic E-state index is 0.0179. The molecule has 0 bridgehead atoms. The first-order chi connectivity index (χ1) is 9.92. The van der Waals surface area contributed by atoms with Crippen molar-refractivity contribution in [2.45, 2.75) is 84.0 Å². The molecule has 0 radical (unpaired) electrons. The average molecular weight is 302 g/mol. The summed E-state index contributed by atoms with van der Waals surface area (Å²) in [6.07, 6.45) is 2.84. The van der Waals surface area contributed by atoms with Gasteiger partial charge in [-0.2, -0.15) is 0 Å². The molecule has 0 aromatic rings. The van der Waals surface area contributed by atoms with Crippen molar-refractivity contribution < 1.29 is 24.2 Å². The zero-order valence-electron chi connectivity index (χ0n) is 13.8. The Morgan fingerprint density at radius 2 is 1.71 bits per heavy atom. The van der Waals surface area contributed by atoms with Crippen LogP contribution in [0.25, 0.3) is 0 Å². The van der Waals surface area contributed by atoms with Crippen molar-refractivity contribution in [2.75, 3.05) is 7.11 Å². The Hall–Kier alpha value is -0.940. The SMILES string of the molecule is CCCC(CC(=O)OC(CCC(O)CC)CC(C)=O)OC. The summed E-state index contributed by atoms with van der Waals surface area (Å²) in [6, 6.07) is 0. The van der Waals surface area contributed by atoms with Crippen LogP contribution >= 0.6 is 0 Å². The van der Waals surface area contributed by atoms with Gasteiger partial charge in [0.1, 0.15) is 11.9 Å². The summed E-state index contributed by atoms with van der Waals surface area (Å²) in [5.74, 6) is -0.358. The van der Waals surface area contributed by atoms with Crippen molar-refractivity contribution in [1.82, 2.24) is 0 Å². The Kier molecular flexibility index (Phi) is 11.2. The molecule has 0 saturated heterocycles. The highest BCUT2D eigenvalue weighted by atomic mass is 16.5. The molecule has 0 aromatic carbocycles. The smallest absolute Gasteiger partial charge is 0.308 e. The monoisotopic (exact) mass is 302 g/mol. The van der Waals surface area contributed by atoms with Gasteiger partial charge in [0, 0.05) is 13.5 Å². The number of rotatable bonds is 12. The molecule has 5 nitrogen and oxygen atoms in total. The van der Waals surface area contributed by atoms with Crippen LogP contribution in [0.1, 0.15) is 65.7 Å². The van der Waals surface area contributed by atoms with Crippen LogP contribution in [0.2, 0.25) is 0 Å². The number of ether oxygens (including phenoxy) is 2. The summed E-state index contributed by atoms with van der Waals surface area (Å²) < 4.78 is 10.6. The van der Waals surface area contributed by atoms with Crippen LogP contribution in [0.5, 0.6) is 0 Å². The molecule has 3 atom stereocenters. The van der Waals surface area contributed by atoms with Gasteiger partial charge in [0.25, 0.3) is 0 Å². The van der Waals surface area contributed by atoms with Gasteiger partial charge < -0.3 is 14.6 Å². The minimum atomic E-state index is -0.449. The lowest BCUT2D eigenvalue weighted by molar-refractivity contribution is -0.153. The Morgan fingerprint density at radius 1 is 1.05 bits per heavy atom. The molecule has 124 valence electrons. The van der Waals surface area contributed by atoms with Gasteiger partial charge >= 0.3 is 5.97 Å². The third-order valence-electron chi connectivity index (χ3n) is 3.44. The van der Waals surface area contributed by atoms with Gasteiger partial charge in [-0.3, -0.25) is 9.59 Å². The van der Waals surface area contributed by atoms with Gasteiger partial charge in [-0.05, 0) is 32.6 Å². The molecule has 0 aliphatic rings. The van der Waals surface area contributed by atoms with Gasteiger partial charge in [0.2, 0.25) is 0 Å². The molecule has 1 N–H and O–H groups in total. The molecule has 0 amide bonds. The maximum atomic E-state index is 11.9. The van der Waals surface area contributed by atoms with Crippen molar-refractivity contribution in [3.05, 3.63) is 0 Å². The molecular formula is C16H30O5. The van der Waals surface area contributed by atoms with E-state index in [0.29, 0.717) is 19.3 Å². The van der Waals surface area contributed by atoms with E-state index in [1.807, 2.05) is 13.8 Å². The zero-order chi connectivity index (χ0) is 16.3.